The Hall–Kier alpha value is -1.65. The first-order valence-corrected chi connectivity index (χ1v) is 5.56. The van der Waals surface area contributed by atoms with Gasteiger partial charge < -0.3 is 10.4 Å². The molecule has 0 fully saturated rings. The second-order valence-corrected chi connectivity index (χ2v) is 3.94. The molecule has 0 aliphatic carbocycles. The van der Waals surface area contributed by atoms with Gasteiger partial charge in [0, 0.05) is 12.6 Å². The number of halogens is 1. The Labute approximate surface area is 104 Å². The van der Waals surface area contributed by atoms with E-state index in [0.29, 0.717) is 17.5 Å². The average Bonchev–Trinajstić information content (AvgIpc) is 2.37. The highest BCUT2D eigenvalue weighted by atomic mass is 35.5. The highest BCUT2D eigenvalue weighted by molar-refractivity contribution is 6.29. The Kier molecular flexibility index (Phi) is 3.90. The van der Waals surface area contributed by atoms with E-state index in [1.54, 1.807) is 6.07 Å². The number of rotatable bonds is 4. The van der Waals surface area contributed by atoms with Gasteiger partial charge in [-0.2, -0.15) is 0 Å². The molecule has 17 heavy (non-hydrogen) atoms. The summed E-state index contributed by atoms with van der Waals surface area (Å²) >= 11 is 5.75. The predicted octanol–water partition coefficient (Wildman–Crippen LogP) is 2.23. The molecule has 0 aliphatic heterocycles. The Morgan fingerprint density at radius 3 is 2.47 bits per heavy atom. The van der Waals surface area contributed by atoms with Crippen LogP contribution in [0.25, 0.3) is 0 Å². The molecule has 0 atom stereocenters. The number of hydrogen-bond acceptors (Lipinski definition) is 4. The number of nitrogens with zero attached hydrogens (tertiary/aromatic N) is 2. The third kappa shape index (κ3) is 3.41. The first kappa shape index (κ1) is 11.8. The van der Waals surface area contributed by atoms with Gasteiger partial charge in [0.05, 0.1) is 6.61 Å². The lowest BCUT2D eigenvalue weighted by Gasteiger charge is -2.06. The molecule has 1 aromatic carbocycles. The number of aliphatic hydroxyl groups excluding tert-OH is 1. The van der Waals surface area contributed by atoms with E-state index >= 15 is 0 Å². The molecule has 0 amide bonds. The van der Waals surface area contributed by atoms with Crippen LogP contribution >= 0.6 is 11.6 Å². The van der Waals surface area contributed by atoms with E-state index in [-0.39, 0.29) is 6.61 Å². The van der Waals surface area contributed by atoms with Crippen LogP contribution in [0, 0.1) is 0 Å². The van der Waals surface area contributed by atoms with Crippen molar-refractivity contribution < 1.29 is 5.11 Å². The zero-order valence-corrected chi connectivity index (χ0v) is 9.85. The second-order valence-electron chi connectivity index (χ2n) is 3.55. The van der Waals surface area contributed by atoms with Gasteiger partial charge in [-0.3, -0.25) is 0 Å². The van der Waals surface area contributed by atoms with Crippen molar-refractivity contribution in [2.45, 2.75) is 13.2 Å². The van der Waals surface area contributed by atoms with Crippen molar-refractivity contribution in [1.82, 2.24) is 9.97 Å². The second kappa shape index (κ2) is 5.61. The third-order valence-electron chi connectivity index (χ3n) is 2.31. The van der Waals surface area contributed by atoms with Crippen molar-refractivity contribution in [3.8, 4) is 0 Å². The van der Waals surface area contributed by atoms with Crippen molar-refractivity contribution in [3.05, 3.63) is 52.9 Å². The average molecular weight is 250 g/mol. The Bertz CT molecular complexity index is 487. The summed E-state index contributed by atoms with van der Waals surface area (Å²) in [6.45, 7) is 0.717. The minimum absolute atomic E-state index is 0.0647. The van der Waals surface area contributed by atoms with E-state index in [1.807, 2.05) is 24.3 Å². The van der Waals surface area contributed by atoms with Gasteiger partial charge in [0.25, 0.3) is 0 Å². The summed E-state index contributed by atoms with van der Waals surface area (Å²) in [5, 5.41) is 12.5. The van der Waals surface area contributed by atoms with Crippen molar-refractivity contribution in [1.29, 1.82) is 0 Å². The molecule has 0 saturated carbocycles. The monoisotopic (exact) mass is 249 g/mol. The summed E-state index contributed by atoms with van der Waals surface area (Å²) in [6.07, 6.45) is 1.42. The van der Waals surface area contributed by atoms with Crippen molar-refractivity contribution in [2.75, 3.05) is 5.32 Å². The van der Waals surface area contributed by atoms with Gasteiger partial charge in [-0.15, -0.1) is 0 Å². The summed E-state index contributed by atoms with van der Waals surface area (Å²) in [4.78, 5) is 7.85. The van der Waals surface area contributed by atoms with Crippen molar-refractivity contribution in [2.24, 2.45) is 0 Å². The summed E-state index contributed by atoms with van der Waals surface area (Å²) < 4.78 is 0. The molecule has 1 heterocycles. The number of benzene rings is 1. The van der Waals surface area contributed by atoms with Gasteiger partial charge in [-0.1, -0.05) is 35.9 Å². The molecule has 88 valence electrons. The first-order chi connectivity index (χ1) is 8.28. The Morgan fingerprint density at radius 1 is 1.12 bits per heavy atom. The fraction of sp³-hybridized carbons (Fsp3) is 0.167. The predicted molar refractivity (Wildman–Crippen MR) is 66.7 cm³/mol. The molecule has 0 spiro atoms. The summed E-state index contributed by atoms with van der Waals surface area (Å²) in [5.74, 6) is 0.691. The van der Waals surface area contributed by atoms with Crippen molar-refractivity contribution >= 4 is 17.4 Å². The van der Waals surface area contributed by atoms with E-state index in [4.69, 9.17) is 16.7 Å². The minimum Gasteiger partial charge on any atom is -0.392 e. The lowest BCUT2D eigenvalue weighted by atomic mass is 10.1. The van der Waals surface area contributed by atoms with Crippen LogP contribution in [0.5, 0.6) is 0 Å². The highest BCUT2D eigenvalue weighted by Crippen LogP contribution is 2.11. The standard InChI is InChI=1S/C12H12ClN3O/c13-11-5-12(16-8-15-11)14-6-9-1-3-10(7-17)4-2-9/h1-5,8,17H,6-7H2,(H,14,15,16). The fourth-order valence-electron chi connectivity index (χ4n) is 1.39. The quantitative estimate of drug-likeness (QED) is 0.816. The van der Waals surface area contributed by atoms with E-state index in [2.05, 4.69) is 15.3 Å². The van der Waals surface area contributed by atoms with Gasteiger partial charge in [-0.25, -0.2) is 9.97 Å². The maximum absolute atomic E-state index is 8.92. The van der Waals surface area contributed by atoms with Crippen LogP contribution in [0.4, 0.5) is 5.82 Å². The largest absolute Gasteiger partial charge is 0.392 e. The van der Waals surface area contributed by atoms with Gasteiger partial charge in [-0.05, 0) is 11.1 Å². The van der Waals surface area contributed by atoms with Crippen LogP contribution in [0.2, 0.25) is 5.15 Å². The highest BCUT2D eigenvalue weighted by Gasteiger charge is 1.97. The number of anilines is 1. The zero-order valence-electron chi connectivity index (χ0n) is 9.10. The van der Waals surface area contributed by atoms with Crippen LogP contribution < -0.4 is 5.32 Å². The SMILES string of the molecule is OCc1ccc(CNc2cc(Cl)ncn2)cc1. The van der Waals surface area contributed by atoms with Crippen LogP contribution in [-0.2, 0) is 13.2 Å². The van der Waals surface area contributed by atoms with E-state index < -0.39 is 0 Å². The smallest absolute Gasteiger partial charge is 0.134 e. The molecule has 2 aromatic rings. The minimum atomic E-state index is 0.0647. The summed E-state index contributed by atoms with van der Waals surface area (Å²) in [7, 11) is 0. The molecule has 0 radical (unpaired) electrons. The lowest BCUT2D eigenvalue weighted by molar-refractivity contribution is 0.282. The third-order valence-corrected chi connectivity index (χ3v) is 2.52. The molecule has 0 saturated heterocycles. The normalized spacial score (nSPS) is 10.2. The Balaban J connectivity index is 1.97. The molecular weight excluding hydrogens is 238 g/mol. The molecule has 1 aromatic heterocycles. The molecule has 0 aliphatic rings. The van der Waals surface area contributed by atoms with E-state index in [9.17, 15) is 0 Å². The van der Waals surface area contributed by atoms with Gasteiger partial charge in [0.1, 0.15) is 17.3 Å². The fourth-order valence-corrected chi connectivity index (χ4v) is 1.53. The molecule has 0 bridgehead atoms. The molecule has 2 N–H and O–H groups in total. The van der Waals surface area contributed by atoms with Crippen LogP contribution in [-0.4, -0.2) is 15.1 Å². The van der Waals surface area contributed by atoms with Gasteiger partial charge in [0.2, 0.25) is 0 Å². The maximum Gasteiger partial charge on any atom is 0.134 e. The Morgan fingerprint density at radius 2 is 1.82 bits per heavy atom. The lowest BCUT2D eigenvalue weighted by Crippen LogP contribution is -2.01. The van der Waals surface area contributed by atoms with Crippen molar-refractivity contribution in [3.63, 3.8) is 0 Å². The number of nitrogens with one attached hydrogen (secondary N) is 1. The summed E-state index contributed by atoms with van der Waals surface area (Å²) in [6, 6.07) is 9.38. The van der Waals surface area contributed by atoms with Gasteiger partial charge >= 0.3 is 0 Å². The molecule has 4 nitrogen and oxygen atoms in total. The van der Waals surface area contributed by atoms with Crippen LogP contribution in [0.3, 0.4) is 0 Å². The molecular formula is C12H12ClN3O. The number of aliphatic hydroxyl groups is 1. The molecule has 2 rings (SSSR count). The molecule has 5 heteroatoms. The summed E-state index contributed by atoms with van der Waals surface area (Å²) in [5.41, 5.74) is 2.01. The van der Waals surface area contributed by atoms with Crippen LogP contribution in [0.1, 0.15) is 11.1 Å². The zero-order chi connectivity index (χ0) is 12.1. The molecule has 0 unspecified atom stereocenters. The number of hydrogen-bond donors (Lipinski definition) is 2. The van der Waals surface area contributed by atoms with E-state index in [0.717, 1.165) is 11.1 Å². The van der Waals surface area contributed by atoms with Gasteiger partial charge in [0.15, 0.2) is 0 Å². The van der Waals surface area contributed by atoms with E-state index in [1.165, 1.54) is 6.33 Å². The number of aromatic nitrogens is 2. The topological polar surface area (TPSA) is 58.0 Å². The maximum atomic E-state index is 8.92. The first-order valence-electron chi connectivity index (χ1n) is 5.18. The van der Waals surface area contributed by atoms with Crippen LogP contribution in [0.15, 0.2) is 36.7 Å².